The molecule has 18 heavy (non-hydrogen) atoms. The minimum absolute atomic E-state index is 0.243. The SMILES string of the molecule is CN1Cc2sc(Cl)cc2C(c2ccsc2SF)C1. The molecule has 0 saturated heterocycles. The maximum Gasteiger partial charge on any atom is 0.0969 e. The quantitative estimate of drug-likeness (QED) is 0.765. The van der Waals surface area contributed by atoms with E-state index in [2.05, 4.69) is 11.9 Å². The summed E-state index contributed by atoms with van der Waals surface area (Å²) in [5.41, 5.74) is 2.37. The lowest BCUT2D eigenvalue weighted by molar-refractivity contribution is 0.298. The standard InChI is InChI=1S/C12H11ClFNS3/c1-15-5-9(7-2-3-16-12(7)18-14)8-4-11(13)17-10(8)6-15/h2-4,9H,5-6H2,1H3. The van der Waals surface area contributed by atoms with E-state index < -0.39 is 0 Å². The molecule has 0 saturated carbocycles. The normalized spacial score (nSPS) is 20.1. The van der Waals surface area contributed by atoms with E-state index in [0.29, 0.717) is 12.1 Å². The lowest BCUT2D eigenvalue weighted by atomic mass is 9.90. The summed E-state index contributed by atoms with van der Waals surface area (Å²) < 4.78 is 14.5. The molecule has 1 atom stereocenters. The van der Waals surface area contributed by atoms with Crippen molar-refractivity contribution in [1.29, 1.82) is 0 Å². The number of hydrogen-bond acceptors (Lipinski definition) is 4. The number of fused-ring (bicyclic) bond motifs is 1. The highest BCUT2D eigenvalue weighted by molar-refractivity contribution is 7.96. The molecular weight excluding hydrogens is 309 g/mol. The van der Waals surface area contributed by atoms with Crippen LogP contribution in [0.15, 0.2) is 21.7 Å². The molecular formula is C12H11ClFNS3. The van der Waals surface area contributed by atoms with E-state index in [4.69, 9.17) is 11.6 Å². The van der Waals surface area contributed by atoms with Gasteiger partial charge in [0.2, 0.25) is 0 Å². The molecule has 6 heteroatoms. The summed E-state index contributed by atoms with van der Waals surface area (Å²) in [7, 11) is 2.10. The maximum absolute atomic E-state index is 12.9. The zero-order valence-corrected chi connectivity index (χ0v) is 12.9. The smallest absolute Gasteiger partial charge is 0.0969 e. The van der Waals surface area contributed by atoms with E-state index in [1.807, 2.05) is 17.5 Å². The predicted octanol–water partition coefficient (Wildman–Crippen LogP) is 5.02. The number of likely N-dealkylation sites (N-methyl/N-ethyl adjacent to an activating group) is 1. The van der Waals surface area contributed by atoms with Gasteiger partial charge in [-0.2, -0.15) is 3.89 Å². The largest absolute Gasteiger partial charge is 0.300 e. The van der Waals surface area contributed by atoms with Crippen molar-refractivity contribution >= 4 is 46.4 Å². The third-order valence-corrected chi connectivity index (χ3v) is 6.04. The van der Waals surface area contributed by atoms with Crippen molar-refractivity contribution in [2.24, 2.45) is 0 Å². The average molecular weight is 320 g/mol. The Hall–Kier alpha value is -0.0700. The minimum atomic E-state index is 0.243. The Morgan fingerprint density at radius 1 is 1.50 bits per heavy atom. The van der Waals surface area contributed by atoms with Gasteiger partial charge in [-0.1, -0.05) is 11.6 Å². The molecule has 3 rings (SSSR count). The number of halogens is 2. The second-order valence-electron chi connectivity index (χ2n) is 4.42. The van der Waals surface area contributed by atoms with Crippen LogP contribution in [0.2, 0.25) is 4.34 Å². The first-order valence-corrected chi connectivity index (χ1v) is 8.30. The van der Waals surface area contributed by atoms with Crippen molar-refractivity contribution in [2.45, 2.75) is 16.7 Å². The van der Waals surface area contributed by atoms with Gasteiger partial charge in [-0.25, -0.2) is 0 Å². The molecule has 0 aliphatic carbocycles. The minimum Gasteiger partial charge on any atom is -0.300 e. The van der Waals surface area contributed by atoms with E-state index in [-0.39, 0.29) is 5.92 Å². The summed E-state index contributed by atoms with van der Waals surface area (Å²) in [4.78, 5) is 3.57. The van der Waals surface area contributed by atoms with E-state index >= 15 is 0 Å². The van der Waals surface area contributed by atoms with Crippen LogP contribution in [0.5, 0.6) is 0 Å². The van der Waals surface area contributed by atoms with E-state index in [1.165, 1.54) is 21.8 Å². The molecule has 1 unspecified atom stereocenters. The van der Waals surface area contributed by atoms with E-state index in [0.717, 1.165) is 27.2 Å². The van der Waals surface area contributed by atoms with Crippen molar-refractivity contribution in [2.75, 3.05) is 13.6 Å². The van der Waals surface area contributed by atoms with Gasteiger partial charge in [-0.15, -0.1) is 22.7 Å². The summed E-state index contributed by atoms with van der Waals surface area (Å²) in [6.07, 6.45) is 0. The molecule has 0 N–H and O–H groups in total. The third-order valence-electron chi connectivity index (χ3n) is 3.20. The third kappa shape index (κ3) is 2.23. The highest BCUT2D eigenvalue weighted by atomic mass is 35.5. The fourth-order valence-corrected chi connectivity index (χ4v) is 5.16. The predicted molar refractivity (Wildman–Crippen MR) is 78.8 cm³/mol. The van der Waals surface area contributed by atoms with Crippen molar-refractivity contribution in [3.05, 3.63) is 37.9 Å². The second-order valence-corrected chi connectivity index (χ2v) is 7.92. The molecule has 0 spiro atoms. The zero-order valence-electron chi connectivity index (χ0n) is 9.65. The number of rotatable bonds is 2. The van der Waals surface area contributed by atoms with Gasteiger partial charge in [0.25, 0.3) is 0 Å². The zero-order chi connectivity index (χ0) is 12.7. The first kappa shape index (κ1) is 12.9. The molecule has 0 amide bonds. The fourth-order valence-electron chi connectivity index (χ4n) is 2.44. The van der Waals surface area contributed by atoms with Crippen LogP contribution in [0.4, 0.5) is 3.89 Å². The first-order valence-electron chi connectivity index (χ1n) is 5.51. The molecule has 0 aromatic carbocycles. The molecule has 2 aromatic rings. The van der Waals surface area contributed by atoms with Crippen LogP contribution in [0.25, 0.3) is 0 Å². The topological polar surface area (TPSA) is 3.24 Å². The summed E-state index contributed by atoms with van der Waals surface area (Å²) >= 11 is 9.57. The number of hydrogen-bond donors (Lipinski definition) is 0. The highest BCUT2D eigenvalue weighted by Gasteiger charge is 2.29. The second kappa shape index (κ2) is 5.13. The van der Waals surface area contributed by atoms with Gasteiger partial charge in [0.15, 0.2) is 0 Å². The van der Waals surface area contributed by atoms with Crippen molar-refractivity contribution in [3.8, 4) is 0 Å². The van der Waals surface area contributed by atoms with Gasteiger partial charge in [-0.3, -0.25) is 0 Å². The van der Waals surface area contributed by atoms with E-state index in [9.17, 15) is 3.89 Å². The first-order chi connectivity index (χ1) is 8.69. The van der Waals surface area contributed by atoms with E-state index in [1.54, 1.807) is 11.3 Å². The Labute approximate surface area is 123 Å². The lowest BCUT2D eigenvalue weighted by Crippen LogP contribution is -2.29. The summed E-state index contributed by atoms with van der Waals surface area (Å²) in [5, 5.41) is 1.96. The Balaban J connectivity index is 2.07. The molecule has 2 aromatic heterocycles. The molecule has 1 aliphatic heterocycles. The van der Waals surface area contributed by atoms with Crippen LogP contribution in [-0.2, 0) is 6.54 Å². The van der Waals surface area contributed by atoms with Crippen molar-refractivity contribution in [1.82, 2.24) is 4.90 Å². The van der Waals surface area contributed by atoms with Crippen LogP contribution in [0.3, 0.4) is 0 Å². The monoisotopic (exact) mass is 319 g/mol. The Morgan fingerprint density at radius 3 is 3.11 bits per heavy atom. The van der Waals surface area contributed by atoms with Gasteiger partial charge < -0.3 is 4.90 Å². The highest BCUT2D eigenvalue weighted by Crippen LogP contribution is 2.43. The lowest BCUT2D eigenvalue weighted by Gasteiger charge is -2.30. The van der Waals surface area contributed by atoms with Gasteiger partial charge in [-0.05, 0) is 35.7 Å². The Bertz CT molecular complexity index is 565. The maximum atomic E-state index is 12.9. The van der Waals surface area contributed by atoms with Gasteiger partial charge in [0.05, 0.1) is 20.7 Å². The Kier molecular flexibility index (Phi) is 3.69. The molecule has 1 nitrogen and oxygen atoms in total. The van der Waals surface area contributed by atoms with Crippen LogP contribution >= 0.6 is 46.4 Å². The van der Waals surface area contributed by atoms with Crippen LogP contribution in [-0.4, -0.2) is 18.5 Å². The molecule has 1 aliphatic rings. The van der Waals surface area contributed by atoms with Crippen LogP contribution < -0.4 is 0 Å². The Morgan fingerprint density at radius 2 is 2.33 bits per heavy atom. The van der Waals surface area contributed by atoms with Crippen LogP contribution in [0.1, 0.15) is 21.9 Å². The molecule has 0 fully saturated rings. The summed E-state index contributed by atoms with van der Waals surface area (Å²) in [6, 6.07) is 4.08. The van der Waals surface area contributed by atoms with Crippen LogP contribution in [0, 0.1) is 0 Å². The molecule has 0 bridgehead atoms. The average Bonchev–Trinajstić information content (AvgIpc) is 2.92. The van der Waals surface area contributed by atoms with Gasteiger partial charge in [0, 0.05) is 23.9 Å². The van der Waals surface area contributed by atoms with Crippen molar-refractivity contribution < 1.29 is 3.89 Å². The number of nitrogens with zero attached hydrogens (tertiary/aromatic N) is 1. The summed E-state index contributed by atoms with van der Waals surface area (Å²) in [6.45, 7) is 1.86. The molecule has 96 valence electrons. The fraction of sp³-hybridized carbons (Fsp3) is 0.333. The van der Waals surface area contributed by atoms with Crippen molar-refractivity contribution in [3.63, 3.8) is 0 Å². The molecule has 0 radical (unpaired) electrons. The van der Waals surface area contributed by atoms with Gasteiger partial charge >= 0.3 is 0 Å². The molecule has 3 heterocycles. The summed E-state index contributed by atoms with van der Waals surface area (Å²) in [5.74, 6) is 0.243. The van der Waals surface area contributed by atoms with Gasteiger partial charge in [0.1, 0.15) is 0 Å². The number of thiophene rings is 2.